The highest BCUT2D eigenvalue weighted by Gasteiger charge is 2.15. The van der Waals surface area contributed by atoms with Gasteiger partial charge in [-0.15, -0.1) is 0 Å². The molecule has 0 radical (unpaired) electrons. The fourth-order valence-corrected chi connectivity index (χ4v) is 2.09. The summed E-state index contributed by atoms with van der Waals surface area (Å²) in [6.07, 6.45) is 1.15. The van der Waals surface area contributed by atoms with Crippen LogP contribution in [0, 0.1) is 0 Å². The van der Waals surface area contributed by atoms with Crippen LogP contribution in [-0.4, -0.2) is 31.3 Å². The zero-order valence-electron chi connectivity index (χ0n) is 10.0. The third kappa shape index (κ3) is 2.36. The Hall–Kier alpha value is -1.06. The maximum atomic E-state index is 8.93. The van der Waals surface area contributed by atoms with Gasteiger partial charge in [0.05, 0.1) is 6.61 Å². The second-order valence-electron chi connectivity index (χ2n) is 4.60. The van der Waals surface area contributed by atoms with Crippen LogP contribution >= 0.6 is 0 Å². The molecule has 3 nitrogen and oxygen atoms in total. The average Bonchev–Trinajstić information content (AvgIpc) is 2.67. The van der Waals surface area contributed by atoms with E-state index in [1.165, 1.54) is 16.8 Å². The van der Waals surface area contributed by atoms with E-state index in [4.69, 9.17) is 5.11 Å². The number of hydrogen-bond acceptors (Lipinski definition) is 3. The molecule has 16 heavy (non-hydrogen) atoms. The van der Waals surface area contributed by atoms with Gasteiger partial charge in [-0.05, 0) is 30.5 Å². The van der Waals surface area contributed by atoms with Crippen LogP contribution in [0.5, 0.6) is 0 Å². The van der Waals surface area contributed by atoms with Crippen molar-refractivity contribution in [1.82, 2.24) is 5.32 Å². The highest BCUT2D eigenvalue weighted by molar-refractivity contribution is 5.58. The highest BCUT2D eigenvalue weighted by atomic mass is 16.3. The SMILES string of the molecule is C[C@@H](CO)NCc1ccc2c(c1)CCN2C. The van der Waals surface area contributed by atoms with E-state index >= 15 is 0 Å². The monoisotopic (exact) mass is 220 g/mol. The van der Waals surface area contributed by atoms with Crippen LogP contribution < -0.4 is 10.2 Å². The molecule has 2 rings (SSSR count). The van der Waals surface area contributed by atoms with Gasteiger partial charge in [0.15, 0.2) is 0 Å². The molecule has 0 spiro atoms. The van der Waals surface area contributed by atoms with E-state index in [0.29, 0.717) is 0 Å². The number of aliphatic hydroxyl groups is 1. The molecular weight excluding hydrogens is 200 g/mol. The molecule has 1 aliphatic heterocycles. The summed E-state index contributed by atoms with van der Waals surface area (Å²) in [5, 5.41) is 12.2. The molecule has 0 fully saturated rings. The van der Waals surface area contributed by atoms with E-state index in [0.717, 1.165) is 19.5 Å². The smallest absolute Gasteiger partial charge is 0.0582 e. The Balaban J connectivity index is 2.02. The number of nitrogens with zero attached hydrogens (tertiary/aromatic N) is 1. The van der Waals surface area contributed by atoms with Crippen molar-refractivity contribution in [2.75, 3.05) is 25.1 Å². The quantitative estimate of drug-likeness (QED) is 0.799. The van der Waals surface area contributed by atoms with Gasteiger partial charge < -0.3 is 15.3 Å². The lowest BCUT2D eigenvalue weighted by atomic mass is 10.1. The van der Waals surface area contributed by atoms with Crippen molar-refractivity contribution < 1.29 is 5.11 Å². The molecule has 2 N–H and O–H groups in total. The van der Waals surface area contributed by atoms with Crippen LogP contribution in [0.15, 0.2) is 18.2 Å². The van der Waals surface area contributed by atoms with Crippen LogP contribution in [0.25, 0.3) is 0 Å². The summed E-state index contributed by atoms with van der Waals surface area (Å²) < 4.78 is 0. The molecule has 0 amide bonds. The molecule has 1 heterocycles. The first-order chi connectivity index (χ1) is 7.70. The first-order valence-corrected chi connectivity index (χ1v) is 5.88. The zero-order valence-corrected chi connectivity index (χ0v) is 10.0. The fourth-order valence-electron chi connectivity index (χ4n) is 2.09. The largest absolute Gasteiger partial charge is 0.395 e. The zero-order chi connectivity index (χ0) is 11.5. The molecule has 0 unspecified atom stereocenters. The van der Waals surface area contributed by atoms with Crippen LogP contribution in [0.2, 0.25) is 0 Å². The number of hydrogen-bond donors (Lipinski definition) is 2. The van der Waals surface area contributed by atoms with Crippen molar-refractivity contribution in [3.05, 3.63) is 29.3 Å². The van der Waals surface area contributed by atoms with Crippen LogP contribution in [-0.2, 0) is 13.0 Å². The Kier molecular flexibility index (Phi) is 3.46. The van der Waals surface area contributed by atoms with E-state index in [-0.39, 0.29) is 12.6 Å². The first-order valence-electron chi connectivity index (χ1n) is 5.88. The summed E-state index contributed by atoms with van der Waals surface area (Å²) in [4.78, 5) is 2.29. The van der Waals surface area contributed by atoms with Gasteiger partial charge in [0.1, 0.15) is 0 Å². The molecule has 3 heteroatoms. The molecule has 0 bridgehead atoms. The Morgan fingerprint density at radius 3 is 3.06 bits per heavy atom. The van der Waals surface area contributed by atoms with E-state index in [1.54, 1.807) is 0 Å². The number of likely N-dealkylation sites (N-methyl/N-ethyl adjacent to an activating group) is 1. The van der Waals surface area contributed by atoms with E-state index in [9.17, 15) is 0 Å². The first kappa shape index (κ1) is 11.4. The summed E-state index contributed by atoms with van der Waals surface area (Å²) in [7, 11) is 2.14. The summed E-state index contributed by atoms with van der Waals surface area (Å²) in [6, 6.07) is 6.80. The van der Waals surface area contributed by atoms with Gasteiger partial charge in [-0.3, -0.25) is 0 Å². The molecule has 0 saturated carbocycles. The van der Waals surface area contributed by atoms with Crippen molar-refractivity contribution in [3.63, 3.8) is 0 Å². The number of nitrogens with one attached hydrogen (secondary N) is 1. The minimum atomic E-state index is 0.163. The summed E-state index contributed by atoms with van der Waals surface area (Å²) in [5.41, 5.74) is 4.10. The Labute approximate surface area is 97.1 Å². The molecular formula is C13H20N2O. The molecule has 1 atom stereocenters. The van der Waals surface area contributed by atoms with Gasteiger partial charge in [0, 0.05) is 31.9 Å². The predicted octanol–water partition coefficient (Wildman–Crippen LogP) is 1.15. The maximum absolute atomic E-state index is 8.93. The summed E-state index contributed by atoms with van der Waals surface area (Å²) in [5.74, 6) is 0. The fraction of sp³-hybridized carbons (Fsp3) is 0.538. The standard InChI is InChI=1S/C13H20N2O/c1-10(9-16)14-8-11-3-4-13-12(7-11)5-6-15(13)2/h3-4,7,10,14,16H,5-6,8-9H2,1-2H3/t10-/m0/s1. The topological polar surface area (TPSA) is 35.5 Å². The lowest BCUT2D eigenvalue weighted by Crippen LogP contribution is -2.28. The minimum absolute atomic E-state index is 0.163. The van der Waals surface area contributed by atoms with Crippen LogP contribution in [0.3, 0.4) is 0 Å². The Bertz CT molecular complexity index is 365. The third-order valence-electron chi connectivity index (χ3n) is 3.20. The average molecular weight is 220 g/mol. The second kappa shape index (κ2) is 4.85. The highest BCUT2D eigenvalue weighted by Crippen LogP contribution is 2.27. The van der Waals surface area contributed by atoms with Crippen molar-refractivity contribution in [2.24, 2.45) is 0 Å². The van der Waals surface area contributed by atoms with Crippen molar-refractivity contribution in [1.29, 1.82) is 0 Å². The predicted molar refractivity (Wildman–Crippen MR) is 66.8 cm³/mol. The van der Waals surface area contributed by atoms with Crippen LogP contribution in [0.1, 0.15) is 18.1 Å². The van der Waals surface area contributed by atoms with Gasteiger partial charge >= 0.3 is 0 Å². The number of anilines is 1. The molecule has 0 aliphatic carbocycles. The number of aliphatic hydroxyl groups excluding tert-OH is 1. The minimum Gasteiger partial charge on any atom is -0.395 e. The van der Waals surface area contributed by atoms with Crippen molar-refractivity contribution in [2.45, 2.75) is 25.9 Å². The van der Waals surface area contributed by atoms with Gasteiger partial charge in [-0.2, -0.15) is 0 Å². The van der Waals surface area contributed by atoms with Gasteiger partial charge in [0.25, 0.3) is 0 Å². The summed E-state index contributed by atoms with van der Waals surface area (Å²) >= 11 is 0. The number of benzene rings is 1. The molecule has 88 valence electrons. The second-order valence-corrected chi connectivity index (χ2v) is 4.60. The molecule has 0 saturated heterocycles. The lowest BCUT2D eigenvalue weighted by molar-refractivity contribution is 0.251. The van der Waals surface area contributed by atoms with Crippen LogP contribution in [0.4, 0.5) is 5.69 Å². The van der Waals surface area contributed by atoms with Crippen molar-refractivity contribution >= 4 is 5.69 Å². The molecule has 1 aliphatic rings. The lowest BCUT2D eigenvalue weighted by Gasteiger charge is -2.13. The number of fused-ring (bicyclic) bond motifs is 1. The van der Waals surface area contributed by atoms with E-state index < -0.39 is 0 Å². The molecule has 0 aromatic heterocycles. The van der Waals surface area contributed by atoms with Crippen molar-refractivity contribution in [3.8, 4) is 0 Å². The van der Waals surface area contributed by atoms with E-state index in [1.807, 2.05) is 6.92 Å². The summed E-state index contributed by atoms with van der Waals surface area (Å²) in [6.45, 7) is 4.13. The van der Waals surface area contributed by atoms with Gasteiger partial charge in [-0.1, -0.05) is 12.1 Å². The molecule has 1 aromatic carbocycles. The van der Waals surface area contributed by atoms with E-state index in [2.05, 4.69) is 35.5 Å². The van der Waals surface area contributed by atoms with Gasteiger partial charge in [-0.25, -0.2) is 0 Å². The third-order valence-corrected chi connectivity index (χ3v) is 3.20. The Morgan fingerprint density at radius 1 is 1.50 bits per heavy atom. The molecule has 1 aromatic rings. The Morgan fingerprint density at radius 2 is 2.31 bits per heavy atom. The normalized spacial score (nSPS) is 16.3. The van der Waals surface area contributed by atoms with Gasteiger partial charge in [0.2, 0.25) is 0 Å². The maximum Gasteiger partial charge on any atom is 0.0582 e. The number of rotatable bonds is 4.